The van der Waals surface area contributed by atoms with E-state index in [1.165, 1.54) is 17.6 Å². The van der Waals surface area contributed by atoms with Crippen molar-refractivity contribution >= 4 is 28.0 Å². The van der Waals surface area contributed by atoms with Gasteiger partial charge in [-0.25, -0.2) is 9.78 Å². The van der Waals surface area contributed by atoms with Crippen LogP contribution in [0.1, 0.15) is 16.1 Å². The highest BCUT2D eigenvalue weighted by Gasteiger charge is 2.30. The second-order valence-corrected chi connectivity index (χ2v) is 4.39. The molecule has 0 spiro atoms. The maximum Gasteiger partial charge on any atom is 0.416 e. The molecule has 100 valence electrons. The first-order valence-corrected chi connectivity index (χ1v) is 5.87. The SMILES string of the molecule is O=C(O)c1ncsc1Nc1ccc(C(F)(F)F)cc1. The van der Waals surface area contributed by atoms with Crippen LogP contribution in [0.15, 0.2) is 29.8 Å². The van der Waals surface area contributed by atoms with E-state index in [9.17, 15) is 18.0 Å². The minimum atomic E-state index is -4.39. The molecule has 19 heavy (non-hydrogen) atoms. The largest absolute Gasteiger partial charge is 0.476 e. The molecule has 2 rings (SSSR count). The molecule has 0 fully saturated rings. The fourth-order valence-electron chi connectivity index (χ4n) is 1.36. The van der Waals surface area contributed by atoms with Crippen LogP contribution >= 0.6 is 11.3 Å². The monoisotopic (exact) mass is 288 g/mol. The molecule has 0 bridgehead atoms. The highest BCUT2D eigenvalue weighted by atomic mass is 32.1. The first-order valence-electron chi connectivity index (χ1n) is 4.99. The molecular formula is C11H7F3N2O2S. The Bertz CT molecular complexity index is 593. The topological polar surface area (TPSA) is 62.2 Å². The van der Waals surface area contributed by atoms with Crippen molar-refractivity contribution in [2.45, 2.75) is 6.18 Å². The first-order chi connectivity index (χ1) is 8.88. The molecule has 0 aliphatic rings. The van der Waals surface area contributed by atoms with Gasteiger partial charge in [-0.05, 0) is 24.3 Å². The number of aromatic carboxylic acids is 1. The number of carboxylic acid groups (broad SMARTS) is 1. The Labute approximate surface area is 109 Å². The Hall–Kier alpha value is -2.09. The Morgan fingerprint density at radius 1 is 1.26 bits per heavy atom. The summed E-state index contributed by atoms with van der Waals surface area (Å²) >= 11 is 1.06. The predicted octanol–water partition coefficient (Wildman–Crippen LogP) is 3.60. The number of nitrogens with one attached hydrogen (secondary N) is 1. The Morgan fingerprint density at radius 2 is 1.89 bits per heavy atom. The third kappa shape index (κ3) is 3.02. The van der Waals surface area contributed by atoms with E-state index < -0.39 is 17.7 Å². The molecule has 0 unspecified atom stereocenters. The van der Waals surface area contributed by atoms with Crippen molar-refractivity contribution in [3.8, 4) is 0 Å². The van der Waals surface area contributed by atoms with Crippen molar-refractivity contribution in [1.29, 1.82) is 0 Å². The summed E-state index contributed by atoms with van der Waals surface area (Å²) in [5, 5.41) is 11.8. The van der Waals surface area contributed by atoms with Gasteiger partial charge in [-0.15, -0.1) is 11.3 Å². The van der Waals surface area contributed by atoms with Gasteiger partial charge >= 0.3 is 12.1 Å². The van der Waals surface area contributed by atoms with E-state index in [1.54, 1.807) is 0 Å². The predicted molar refractivity (Wildman–Crippen MR) is 63.8 cm³/mol. The van der Waals surface area contributed by atoms with E-state index in [0.717, 1.165) is 23.5 Å². The Morgan fingerprint density at radius 3 is 2.42 bits per heavy atom. The van der Waals surface area contributed by atoms with Crippen molar-refractivity contribution in [2.24, 2.45) is 0 Å². The number of hydrogen-bond acceptors (Lipinski definition) is 4. The molecule has 0 saturated carbocycles. The minimum Gasteiger partial charge on any atom is -0.476 e. The summed E-state index contributed by atoms with van der Waals surface area (Å²) in [6.45, 7) is 0. The summed E-state index contributed by atoms with van der Waals surface area (Å²) in [5.74, 6) is -1.20. The number of anilines is 2. The van der Waals surface area contributed by atoms with E-state index in [-0.39, 0.29) is 10.7 Å². The Balaban J connectivity index is 2.20. The number of carbonyl (C=O) groups is 1. The fourth-order valence-corrected chi connectivity index (χ4v) is 2.05. The number of halogens is 3. The minimum absolute atomic E-state index is 0.162. The van der Waals surface area contributed by atoms with Gasteiger partial charge in [0.15, 0.2) is 5.69 Å². The molecule has 8 heteroatoms. The number of benzene rings is 1. The maximum absolute atomic E-state index is 12.4. The van der Waals surface area contributed by atoms with Gasteiger partial charge in [-0.2, -0.15) is 13.2 Å². The number of nitrogens with zero attached hydrogens (tertiary/aromatic N) is 1. The van der Waals surface area contributed by atoms with Crippen LogP contribution in [-0.4, -0.2) is 16.1 Å². The van der Waals surface area contributed by atoms with Crippen LogP contribution in [0, 0.1) is 0 Å². The van der Waals surface area contributed by atoms with Gasteiger partial charge in [0.1, 0.15) is 5.00 Å². The van der Waals surface area contributed by atoms with Crippen molar-refractivity contribution in [2.75, 3.05) is 5.32 Å². The van der Waals surface area contributed by atoms with Crippen LogP contribution in [0.25, 0.3) is 0 Å². The number of rotatable bonds is 3. The second kappa shape index (κ2) is 4.88. The van der Waals surface area contributed by atoms with Crippen LogP contribution in [0.5, 0.6) is 0 Å². The molecule has 0 radical (unpaired) electrons. The van der Waals surface area contributed by atoms with Gasteiger partial charge in [0.2, 0.25) is 0 Å². The molecule has 0 aliphatic heterocycles. The number of hydrogen-bond donors (Lipinski definition) is 2. The summed E-state index contributed by atoms with van der Waals surface area (Å²) in [6, 6.07) is 4.30. The molecule has 0 saturated heterocycles. The number of thiazole rings is 1. The zero-order valence-corrected chi connectivity index (χ0v) is 10.0. The van der Waals surface area contributed by atoms with E-state index in [2.05, 4.69) is 10.3 Å². The molecule has 0 atom stereocenters. The molecule has 1 aromatic heterocycles. The number of alkyl halides is 3. The van der Waals surface area contributed by atoms with Gasteiger partial charge in [-0.3, -0.25) is 0 Å². The summed E-state index contributed by atoms with van der Waals surface area (Å²) in [6.07, 6.45) is -4.39. The van der Waals surface area contributed by atoms with Gasteiger partial charge in [-0.1, -0.05) is 0 Å². The lowest BCUT2D eigenvalue weighted by atomic mass is 10.2. The third-order valence-corrected chi connectivity index (χ3v) is 2.98. The zero-order valence-electron chi connectivity index (χ0n) is 9.23. The molecule has 0 aliphatic carbocycles. The lowest BCUT2D eigenvalue weighted by Crippen LogP contribution is -2.05. The maximum atomic E-state index is 12.4. The molecular weight excluding hydrogens is 281 g/mol. The van der Waals surface area contributed by atoms with Gasteiger partial charge < -0.3 is 10.4 Å². The van der Waals surface area contributed by atoms with E-state index >= 15 is 0 Å². The standard InChI is InChI=1S/C11H7F3N2O2S/c12-11(13,14)6-1-3-7(4-2-6)16-9-8(10(17)18)15-5-19-9/h1-5,16H,(H,17,18). The lowest BCUT2D eigenvalue weighted by Gasteiger charge is -2.08. The molecule has 1 heterocycles. The van der Waals surface area contributed by atoms with Gasteiger partial charge in [0.25, 0.3) is 0 Å². The highest BCUT2D eigenvalue weighted by molar-refractivity contribution is 7.14. The summed E-state index contributed by atoms with van der Waals surface area (Å²) < 4.78 is 37.1. The quantitative estimate of drug-likeness (QED) is 0.905. The van der Waals surface area contributed by atoms with E-state index in [0.29, 0.717) is 5.69 Å². The average molecular weight is 288 g/mol. The van der Waals surface area contributed by atoms with Crippen LogP contribution in [0.4, 0.5) is 23.9 Å². The normalized spacial score (nSPS) is 11.3. The van der Waals surface area contributed by atoms with Crippen LogP contribution < -0.4 is 5.32 Å². The zero-order chi connectivity index (χ0) is 14.0. The lowest BCUT2D eigenvalue weighted by molar-refractivity contribution is -0.137. The van der Waals surface area contributed by atoms with Crippen LogP contribution in [-0.2, 0) is 6.18 Å². The number of carboxylic acids is 1. The molecule has 4 nitrogen and oxygen atoms in total. The first kappa shape index (κ1) is 13.3. The van der Waals surface area contributed by atoms with Crippen LogP contribution in [0.2, 0.25) is 0 Å². The van der Waals surface area contributed by atoms with E-state index in [1.807, 2.05) is 0 Å². The summed E-state index contributed by atoms with van der Waals surface area (Å²) in [4.78, 5) is 14.5. The number of aromatic nitrogens is 1. The van der Waals surface area contributed by atoms with Crippen molar-refractivity contribution in [1.82, 2.24) is 4.98 Å². The van der Waals surface area contributed by atoms with Crippen molar-refractivity contribution in [3.05, 3.63) is 41.0 Å². The average Bonchev–Trinajstić information content (AvgIpc) is 2.77. The van der Waals surface area contributed by atoms with Crippen LogP contribution in [0.3, 0.4) is 0 Å². The molecule has 2 aromatic rings. The van der Waals surface area contributed by atoms with E-state index in [4.69, 9.17) is 5.11 Å². The Kier molecular flexibility index (Phi) is 3.43. The summed E-state index contributed by atoms with van der Waals surface area (Å²) in [5.41, 5.74) is 0.779. The third-order valence-electron chi connectivity index (χ3n) is 2.24. The second-order valence-electron chi connectivity index (χ2n) is 3.54. The molecule has 2 N–H and O–H groups in total. The molecule has 1 aromatic carbocycles. The van der Waals surface area contributed by atoms with Crippen molar-refractivity contribution < 1.29 is 23.1 Å². The smallest absolute Gasteiger partial charge is 0.416 e. The van der Waals surface area contributed by atoms with Crippen molar-refractivity contribution in [3.63, 3.8) is 0 Å². The van der Waals surface area contributed by atoms with Gasteiger partial charge in [0, 0.05) is 5.69 Å². The highest BCUT2D eigenvalue weighted by Crippen LogP contribution is 2.31. The molecule has 0 amide bonds. The fraction of sp³-hybridized carbons (Fsp3) is 0.0909. The summed E-state index contributed by atoms with van der Waals surface area (Å²) in [7, 11) is 0. The van der Waals surface area contributed by atoms with Gasteiger partial charge in [0.05, 0.1) is 11.1 Å².